The molecule has 2 aromatic rings. The van der Waals surface area contributed by atoms with E-state index in [0.29, 0.717) is 29.6 Å². The van der Waals surface area contributed by atoms with Crippen LogP contribution in [0.25, 0.3) is 0 Å². The molecule has 0 radical (unpaired) electrons. The molecule has 214 valence electrons. The zero-order valence-corrected chi connectivity index (χ0v) is 23.7. The second-order valence-electron chi connectivity index (χ2n) is 9.99. The van der Waals surface area contributed by atoms with Gasteiger partial charge in [-0.3, -0.25) is 19.3 Å². The fraction of sp³-hybridized carbons (Fsp3) is 0.448. The molecule has 2 heterocycles. The standard InChI is InChI=1S/C28H33Cl2N5O2.CH2O2/c29-23-11-9-20(15-24(23)30)17-33-27(36)25(7-4-13-31)34-14-12-22(10-8-19-5-2-1-3-6-19)35-18-21(32)16-26(35)28(34)37;2-1-3/h1-3,5-6,9,11,15,21-22,25-26H,4,7-8,10,12,14,16-18,32H2,(H,33,36);1H,(H,2,3)/t21-,22?,25-,26+;/m1./s1. The van der Waals surface area contributed by atoms with Crippen LogP contribution in [0, 0.1) is 11.3 Å². The molecule has 4 N–H and O–H groups in total. The summed E-state index contributed by atoms with van der Waals surface area (Å²) in [4.78, 5) is 39.5. The third kappa shape index (κ3) is 8.42. The lowest BCUT2D eigenvalue weighted by Crippen LogP contribution is -2.53. The van der Waals surface area contributed by atoms with Gasteiger partial charge in [-0.1, -0.05) is 59.6 Å². The Kier molecular flexibility index (Phi) is 12.2. The molecular formula is C29H35Cl2N5O4. The first-order valence-electron chi connectivity index (χ1n) is 13.3. The third-order valence-electron chi connectivity index (χ3n) is 7.38. The van der Waals surface area contributed by atoms with E-state index < -0.39 is 6.04 Å². The third-order valence-corrected chi connectivity index (χ3v) is 8.12. The number of nitrogens with one attached hydrogen (secondary N) is 1. The number of fused-ring (bicyclic) bond motifs is 1. The fourth-order valence-corrected chi connectivity index (χ4v) is 5.80. The summed E-state index contributed by atoms with van der Waals surface area (Å²) >= 11 is 12.1. The molecule has 4 rings (SSSR count). The van der Waals surface area contributed by atoms with Crippen LogP contribution in [0.3, 0.4) is 0 Å². The van der Waals surface area contributed by atoms with Crippen LogP contribution in [0.2, 0.25) is 10.0 Å². The molecule has 2 amide bonds. The van der Waals surface area contributed by atoms with Gasteiger partial charge in [-0.15, -0.1) is 0 Å². The van der Waals surface area contributed by atoms with E-state index in [2.05, 4.69) is 28.4 Å². The monoisotopic (exact) mass is 587 g/mol. The highest BCUT2D eigenvalue weighted by molar-refractivity contribution is 6.42. The lowest BCUT2D eigenvalue weighted by molar-refractivity contribution is -0.143. The average molecular weight is 589 g/mol. The summed E-state index contributed by atoms with van der Waals surface area (Å²) < 4.78 is 0. The van der Waals surface area contributed by atoms with Crippen LogP contribution >= 0.6 is 23.2 Å². The molecule has 2 aliphatic rings. The van der Waals surface area contributed by atoms with Gasteiger partial charge < -0.3 is 21.1 Å². The molecule has 4 atom stereocenters. The Balaban J connectivity index is 0.00000141. The van der Waals surface area contributed by atoms with E-state index in [1.807, 2.05) is 18.2 Å². The highest BCUT2D eigenvalue weighted by Crippen LogP contribution is 2.30. The summed E-state index contributed by atoms with van der Waals surface area (Å²) in [6, 6.07) is 16.7. The summed E-state index contributed by atoms with van der Waals surface area (Å²) in [6.45, 7) is 1.15. The topological polar surface area (TPSA) is 140 Å². The van der Waals surface area contributed by atoms with Gasteiger partial charge in [-0.05, 0) is 55.4 Å². The van der Waals surface area contributed by atoms with Crippen LogP contribution in [-0.2, 0) is 27.3 Å². The smallest absolute Gasteiger partial charge is 0.290 e. The van der Waals surface area contributed by atoms with Gasteiger partial charge in [0.05, 0.1) is 22.2 Å². The van der Waals surface area contributed by atoms with Crippen molar-refractivity contribution in [1.29, 1.82) is 5.26 Å². The number of benzene rings is 2. The minimum absolute atomic E-state index is 0.0669. The number of aryl methyl sites for hydroxylation is 1. The predicted molar refractivity (Wildman–Crippen MR) is 154 cm³/mol. The number of hydrogen-bond donors (Lipinski definition) is 3. The van der Waals surface area contributed by atoms with E-state index in [0.717, 1.165) is 24.8 Å². The molecule has 40 heavy (non-hydrogen) atoms. The summed E-state index contributed by atoms with van der Waals surface area (Å²) in [6.07, 6.45) is 3.63. The molecule has 0 aliphatic carbocycles. The van der Waals surface area contributed by atoms with Crippen molar-refractivity contribution in [2.24, 2.45) is 5.73 Å². The summed E-state index contributed by atoms with van der Waals surface area (Å²) in [5.74, 6) is -0.339. The molecule has 2 aliphatic heterocycles. The van der Waals surface area contributed by atoms with Crippen molar-refractivity contribution < 1.29 is 19.5 Å². The number of carbonyl (C=O) groups excluding carboxylic acids is 2. The van der Waals surface area contributed by atoms with Crippen LogP contribution in [0.4, 0.5) is 0 Å². The van der Waals surface area contributed by atoms with Gasteiger partial charge in [0.15, 0.2) is 0 Å². The van der Waals surface area contributed by atoms with Crippen LogP contribution in [0.1, 0.15) is 43.2 Å². The number of nitriles is 1. The molecule has 2 aromatic carbocycles. The molecule has 0 aromatic heterocycles. The van der Waals surface area contributed by atoms with Crippen molar-refractivity contribution >= 4 is 41.5 Å². The van der Waals surface area contributed by atoms with Crippen molar-refractivity contribution in [3.63, 3.8) is 0 Å². The summed E-state index contributed by atoms with van der Waals surface area (Å²) in [5.41, 5.74) is 8.39. The number of rotatable bonds is 9. The van der Waals surface area contributed by atoms with Crippen LogP contribution < -0.4 is 11.1 Å². The van der Waals surface area contributed by atoms with Gasteiger partial charge in [0.25, 0.3) is 6.47 Å². The van der Waals surface area contributed by atoms with Gasteiger partial charge in [-0.25, -0.2) is 0 Å². The van der Waals surface area contributed by atoms with Gasteiger partial charge in [0, 0.05) is 38.1 Å². The maximum atomic E-state index is 13.8. The first-order chi connectivity index (χ1) is 19.3. The second kappa shape index (κ2) is 15.6. The molecular weight excluding hydrogens is 553 g/mol. The highest BCUT2D eigenvalue weighted by atomic mass is 35.5. The van der Waals surface area contributed by atoms with Gasteiger partial charge in [0.1, 0.15) is 6.04 Å². The minimum Gasteiger partial charge on any atom is -0.483 e. The molecule has 0 spiro atoms. The van der Waals surface area contributed by atoms with Crippen molar-refractivity contribution in [1.82, 2.24) is 15.1 Å². The van der Waals surface area contributed by atoms with Gasteiger partial charge in [-0.2, -0.15) is 5.26 Å². The van der Waals surface area contributed by atoms with Crippen LogP contribution in [0.5, 0.6) is 0 Å². The maximum absolute atomic E-state index is 13.8. The molecule has 9 nitrogen and oxygen atoms in total. The van der Waals surface area contributed by atoms with E-state index in [1.165, 1.54) is 5.56 Å². The summed E-state index contributed by atoms with van der Waals surface area (Å²) in [7, 11) is 0. The Morgan fingerprint density at radius 3 is 2.60 bits per heavy atom. The maximum Gasteiger partial charge on any atom is 0.290 e. The van der Waals surface area contributed by atoms with Crippen molar-refractivity contribution in [2.75, 3.05) is 13.1 Å². The number of carboxylic acid groups (broad SMARTS) is 1. The van der Waals surface area contributed by atoms with E-state index in [1.54, 1.807) is 23.1 Å². The zero-order valence-electron chi connectivity index (χ0n) is 22.2. The van der Waals surface area contributed by atoms with Crippen LogP contribution in [0.15, 0.2) is 48.5 Å². The number of amides is 2. The van der Waals surface area contributed by atoms with Crippen LogP contribution in [-0.4, -0.2) is 70.4 Å². The Bertz CT molecular complexity index is 1190. The minimum atomic E-state index is -0.721. The number of halogens is 2. The first-order valence-corrected chi connectivity index (χ1v) is 14.1. The normalized spacial score (nSPS) is 21.3. The SMILES string of the molecule is N#CCC[C@H](C(=O)NCc1ccc(Cl)c(Cl)c1)N1CCC(CCc2ccccc2)N2C[C@H](N)C[C@H]2C1=O.O=CO. The highest BCUT2D eigenvalue weighted by Gasteiger charge is 2.45. The Hall–Kier alpha value is -3.16. The largest absolute Gasteiger partial charge is 0.483 e. The van der Waals surface area contributed by atoms with Gasteiger partial charge in [0.2, 0.25) is 11.8 Å². The molecule has 11 heteroatoms. The van der Waals surface area contributed by atoms with Crippen molar-refractivity contribution in [3.05, 3.63) is 69.7 Å². The van der Waals surface area contributed by atoms with E-state index in [4.69, 9.17) is 38.8 Å². The van der Waals surface area contributed by atoms with E-state index >= 15 is 0 Å². The Morgan fingerprint density at radius 1 is 1.20 bits per heavy atom. The number of nitrogens with zero attached hydrogens (tertiary/aromatic N) is 3. The molecule has 2 fully saturated rings. The lowest BCUT2D eigenvalue weighted by Gasteiger charge is -2.32. The fourth-order valence-electron chi connectivity index (χ4n) is 5.48. The lowest BCUT2D eigenvalue weighted by atomic mass is 10.0. The quantitative estimate of drug-likeness (QED) is 0.380. The number of nitrogens with two attached hydrogens (primary N) is 1. The van der Waals surface area contributed by atoms with Gasteiger partial charge >= 0.3 is 0 Å². The Labute approximate surface area is 244 Å². The molecule has 0 bridgehead atoms. The molecule has 1 unspecified atom stereocenters. The van der Waals surface area contributed by atoms with Crippen molar-refractivity contribution in [2.45, 2.75) is 69.2 Å². The number of hydrogen-bond acceptors (Lipinski definition) is 6. The number of carbonyl (C=O) groups is 3. The second-order valence-corrected chi connectivity index (χ2v) is 10.8. The predicted octanol–water partition coefficient (Wildman–Crippen LogP) is 3.62. The summed E-state index contributed by atoms with van der Waals surface area (Å²) in [5, 5.41) is 19.9. The molecule has 0 saturated carbocycles. The first kappa shape index (κ1) is 31.4. The molecule has 2 saturated heterocycles. The van der Waals surface area contributed by atoms with E-state index in [-0.39, 0.29) is 55.8 Å². The average Bonchev–Trinajstić information content (AvgIpc) is 3.29. The van der Waals surface area contributed by atoms with E-state index in [9.17, 15) is 14.9 Å². The van der Waals surface area contributed by atoms with Crippen molar-refractivity contribution in [3.8, 4) is 6.07 Å². The zero-order chi connectivity index (χ0) is 29.1. The Morgan fingerprint density at radius 2 is 1.93 bits per heavy atom.